The van der Waals surface area contributed by atoms with Gasteiger partial charge in [0.2, 0.25) is 0 Å². The van der Waals surface area contributed by atoms with E-state index in [9.17, 15) is 0 Å². The quantitative estimate of drug-likeness (QED) is 0.864. The molecule has 0 radical (unpaired) electrons. The third-order valence-corrected chi connectivity index (χ3v) is 2.64. The van der Waals surface area contributed by atoms with Crippen LogP contribution in [0.15, 0.2) is 30.5 Å². The van der Waals surface area contributed by atoms with Crippen molar-refractivity contribution in [2.45, 2.75) is 33.4 Å². The number of nitrogens with one attached hydrogen (secondary N) is 1. The van der Waals surface area contributed by atoms with Crippen molar-refractivity contribution in [3.8, 4) is 11.4 Å². The number of benzene rings is 1. The van der Waals surface area contributed by atoms with E-state index < -0.39 is 0 Å². The van der Waals surface area contributed by atoms with Gasteiger partial charge >= 0.3 is 0 Å². The third kappa shape index (κ3) is 3.79. The van der Waals surface area contributed by atoms with Gasteiger partial charge in [-0.05, 0) is 31.2 Å². The zero-order valence-electron chi connectivity index (χ0n) is 11.6. The lowest BCUT2D eigenvalue weighted by Gasteiger charge is -2.05. The molecule has 0 unspecified atom stereocenters. The van der Waals surface area contributed by atoms with Crippen LogP contribution in [0.4, 0.5) is 0 Å². The first-order chi connectivity index (χ1) is 9.19. The molecule has 5 heteroatoms. The van der Waals surface area contributed by atoms with Crippen LogP contribution in [0.5, 0.6) is 5.75 Å². The Morgan fingerprint density at radius 3 is 2.63 bits per heavy atom. The normalized spacial score (nSPS) is 10.9. The van der Waals surface area contributed by atoms with Gasteiger partial charge in [0.25, 0.3) is 0 Å². The van der Waals surface area contributed by atoms with E-state index in [2.05, 4.69) is 29.5 Å². The minimum atomic E-state index is 0.440. The minimum Gasteiger partial charge on any atom is -0.494 e. The summed E-state index contributed by atoms with van der Waals surface area (Å²) in [7, 11) is 0. The summed E-state index contributed by atoms with van der Waals surface area (Å²) < 4.78 is 7.18. The van der Waals surface area contributed by atoms with Crippen molar-refractivity contribution in [1.29, 1.82) is 0 Å². The molecule has 19 heavy (non-hydrogen) atoms. The lowest BCUT2D eigenvalue weighted by molar-refractivity contribution is 0.340. The van der Waals surface area contributed by atoms with E-state index in [1.807, 2.05) is 37.4 Å². The van der Waals surface area contributed by atoms with Gasteiger partial charge in [-0.2, -0.15) is 0 Å². The molecule has 0 amide bonds. The zero-order valence-corrected chi connectivity index (χ0v) is 11.6. The van der Waals surface area contributed by atoms with Crippen molar-refractivity contribution in [3.63, 3.8) is 0 Å². The fourth-order valence-corrected chi connectivity index (χ4v) is 1.68. The van der Waals surface area contributed by atoms with Gasteiger partial charge in [-0.15, -0.1) is 5.10 Å². The highest BCUT2D eigenvalue weighted by Gasteiger charge is 2.03. The highest BCUT2D eigenvalue weighted by molar-refractivity contribution is 5.36. The van der Waals surface area contributed by atoms with E-state index in [0.717, 1.165) is 23.7 Å². The van der Waals surface area contributed by atoms with Crippen LogP contribution >= 0.6 is 0 Å². The Morgan fingerprint density at radius 1 is 1.26 bits per heavy atom. The number of ether oxygens (including phenoxy) is 1. The monoisotopic (exact) mass is 260 g/mol. The van der Waals surface area contributed by atoms with Crippen molar-refractivity contribution in [3.05, 3.63) is 36.2 Å². The Morgan fingerprint density at radius 2 is 2.00 bits per heavy atom. The molecule has 0 bridgehead atoms. The number of hydrogen-bond donors (Lipinski definition) is 1. The van der Waals surface area contributed by atoms with Crippen LogP contribution in [-0.2, 0) is 6.54 Å². The first-order valence-corrected chi connectivity index (χ1v) is 6.57. The van der Waals surface area contributed by atoms with Gasteiger partial charge in [0.05, 0.1) is 24.2 Å². The maximum absolute atomic E-state index is 5.41. The smallest absolute Gasteiger partial charge is 0.119 e. The van der Waals surface area contributed by atoms with E-state index in [1.165, 1.54) is 0 Å². The SMILES string of the molecule is CCOc1ccc(-n2cc(CNC(C)C)nn2)cc1. The minimum absolute atomic E-state index is 0.440. The Balaban J connectivity index is 2.05. The molecule has 2 rings (SSSR count). The third-order valence-electron chi connectivity index (χ3n) is 2.64. The summed E-state index contributed by atoms with van der Waals surface area (Å²) in [6.07, 6.45) is 1.94. The van der Waals surface area contributed by atoms with Gasteiger partial charge in [0.15, 0.2) is 0 Å². The van der Waals surface area contributed by atoms with Gasteiger partial charge in [-0.25, -0.2) is 4.68 Å². The lowest BCUT2D eigenvalue weighted by atomic mass is 10.3. The summed E-state index contributed by atoms with van der Waals surface area (Å²) in [6.45, 7) is 7.59. The van der Waals surface area contributed by atoms with Crippen LogP contribution in [0.2, 0.25) is 0 Å². The molecule has 0 spiro atoms. The summed E-state index contributed by atoms with van der Waals surface area (Å²) in [5, 5.41) is 11.6. The maximum Gasteiger partial charge on any atom is 0.119 e. The Bertz CT molecular complexity index is 504. The molecule has 0 saturated heterocycles. The first-order valence-electron chi connectivity index (χ1n) is 6.57. The summed E-state index contributed by atoms with van der Waals surface area (Å²) in [4.78, 5) is 0. The fraction of sp³-hybridized carbons (Fsp3) is 0.429. The summed E-state index contributed by atoms with van der Waals surface area (Å²) in [5.41, 5.74) is 1.91. The molecular weight excluding hydrogens is 240 g/mol. The van der Waals surface area contributed by atoms with Gasteiger partial charge < -0.3 is 10.1 Å². The summed E-state index contributed by atoms with van der Waals surface area (Å²) in [6, 6.07) is 8.26. The number of nitrogens with zero attached hydrogens (tertiary/aromatic N) is 3. The molecule has 1 heterocycles. The van der Waals surface area contributed by atoms with Crippen LogP contribution in [0, 0.1) is 0 Å². The predicted molar refractivity (Wildman–Crippen MR) is 74.5 cm³/mol. The fourth-order valence-electron chi connectivity index (χ4n) is 1.68. The molecule has 0 saturated carbocycles. The van der Waals surface area contributed by atoms with Crippen molar-refractivity contribution < 1.29 is 4.74 Å². The van der Waals surface area contributed by atoms with Crippen molar-refractivity contribution >= 4 is 0 Å². The number of aromatic nitrogens is 3. The highest BCUT2D eigenvalue weighted by Crippen LogP contribution is 2.14. The van der Waals surface area contributed by atoms with Crippen LogP contribution in [0.3, 0.4) is 0 Å². The molecule has 5 nitrogen and oxygen atoms in total. The van der Waals surface area contributed by atoms with Crippen molar-refractivity contribution in [1.82, 2.24) is 20.3 Å². The van der Waals surface area contributed by atoms with Crippen molar-refractivity contribution in [2.75, 3.05) is 6.61 Å². The van der Waals surface area contributed by atoms with Gasteiger partial charge in [-0.1, -0.05) is 19.1 Å². The molecule has 1 aromatic heterocycles. The largest absolute Gasteiger partial charge is 0.494 e. The highest BCUT2D eigenvalue weighted by atomic mass is 16.5. The molecule has 102 valence electrons. The zero-order chi connectivity index (χ0) is 13.7. The molecule has 2 aromatic rings. The topological polar surface area (TPSA) is 52.0 Å². The molecule has 0 atom stereocenters. The van der Waals surface area contributed by atoms with Gasteiger partial charge in [0, 0.05) is 12.6 Å². The molecule has 0 fully saturated rings. The first kappa shape index (κ1) is 13.5. The van der Waals surface area contributed by atoms with Crippen LogP contribution in [0.25, 0.3) is 5.69 Å². The van der Waals surface area contributed by atoms with E-state index in [0.29, 0.717) is 12.6 Å². The molecule has 0 aliphatic rings. The van der Waals surface area contributed by atoms with E-state index in [4.69, 9.17) is 4.74 Å². The standard InChI is InChI=1S/C14H20N4O/c1-4-19-14-7-5-13(6-8-14)18-10-12(16-17-18)9-15-11(2)3/h5-8,10-11,15H,4,9H2,1-3H3. The van der Waals surface area contributed by atoms with Crippen LogP contribution < -0.4 is 10.1 Å². The second-order valence-corrected chi connectivity index (χ2v) is 4.62. The Kier molecular flexibility index (Phi) is 4.52. The van der Waals surface area contributed by atoms with E-state index in [1.54, 1.807) is 4.68 Å². The Hall–Kier alpha value is -1.88. The molecule has 1 N–H and O–H groups in total. The second-order valence-electron chi connectivity index (χ2n) is 4.62. The number of rotatable bonds is 6. The predicted octanol–water partition coefficient (Wildman–Crippen LogP) is 2.16. The summed E-state index contributed by atoms with van der Waals surface area (Å²) >= 11 is 0. The van der Waals surface area contributed by atoms with E-state index in [-0.39, 0.29) is 0 Å². The second kappa shape index (κ2) is 6.33. The molecule has 1 aromatic carbocycles. The molecular formula is C14H20N4O. The maximum atomic E-state index is 5.41. The average Bonchev–Trinajstić information content (AvgIpc) is 2.86. The van der Waals surface area contributed by atoms with Crippen LogP contribution in [0.1, 0.15) is 26.5 Å². The molecule has 0 aliphatic carbocycles. The van der Waals surface area contributed by atoms with Crippen LogP contribution in [-0.4, -0.2) is 27.6 Å². The van der Waals surface area contributed by atoms with Crippen molar-refractivity contribution in [2.24, 2.45) is 0 Å². The average molecular weight is 260 g/mol. The lowest BCUT2D eigenvalue weighted by Crippen LogP contribution is -2.21. The Labute approximate surface area is 113 Å². The molecule has 0 aliphatic heterocycles. The number of hydrogen-bond acceptors (Lipinski definition) is 4. The van der Waals surface area contributed by atoms with Gasteiger partial charge in [0.1, 0.15) is 5.75 Å². The summed E-state index contributed by atoms with van der Waals surface area (Å²) in [5.74, 6) is 0.869. The van der Waals surface area contributed by atoms with Gasteiger partial charge in [-0.3, -0.25) is 0 Å². The van der Waals surface area contributed by atoms with E-state index >= 15 is 0 Å².